The summed E-state index contributed by atoms with van der Waals surface area (Å²) in [5.41, 5.74) is 0. The lowest BCUT2D eigenvalue weighted by Crippen LogP contribution is -1.91. The molecule has 0 radical (unpaired) electrons. The highest BCUT2D eigenvalue weighted by atomic mass is 31.1. The molecule has 110 valence electrons. The van der Waals surface area contributed by atoms with Crippen LogP contribution in [0.1, 0.15) is 90.9 Å². The first kappa shape index (κ1) is 18.4. The Hall–Kier alpha value is 0.430. The standard InChI is InChI=1S/C17H37P/c1-4-6-8-10-12-14-16-18(3)17-15-13-11-9-7-5-2/h4-17H2,1-3H3. The van der Waals surface area contributed by atoms with E-state index in [4.69, 9.17) is 0 Å². The third kappa shape index (κ3) is 14.5. The Morgan fingerprint density at radius 3 is 1.22 bits per heavy atom. The Balaban J connectivity index is 3.10. The molecule has 0 unspecified atom stereocenters. The predicted octanol–water partition coefficient (Wildman–Crippen LogP) is 6.82. The van der Waals surface area contributed by atoms with Gasteiger partial charge in [-0.05, 0) is 31.8 Å². The van der Waals surface area contributed by atoms with E-state index < -0.39 is 0 Å². The maximum atomic E-state index is 2.52. The highest BCUT2D eigenvalue weighted by Gasteiger charge is 2.01. The van der Waals surface area contributed by atoms with Crippen molar-refractivity contribution in [2.75, 3.05) is 19.0 Å². The second-order valence-corrected chi connectivity index (χ2v) is 8.45. The van der Waals surface area contributed by atoms with E-state index in [1.54, 1.807) is 0 Å². The van der Waals surface area contributed by atoms with Gasteiger partial charge in [-0.1, -0.05) is 78.1 Å². The zero-order chi connectivity index (χ0) is 13.5. The average molecular weight is 272 g/mol. The van der Waals surface area contributed by atoms with Crippen molar-refractivity contribution in [3.8, 4) is 0 Å². The van der Waals surface area contributed by atoms with Crippen molar-refractivity contribution in [3.05, 3.63) is 0 Å². The van der Waals surface area contributed by atoms with Crippen LogP contribution >= 0.6 is 7.92 Å². The van der Waals surface area contributed by atoms with E-state index in [0.717, 1.165) is 0 Å². The maximum absolute atomic E-state index is 2.52. The van der Waals surface area contributed by atoms with Crippen molar-refractivity contribution < 1.29 is 0 Å². The Kier molecular flexibility index (Phi) is 15.9. The molecule has 0 aromatic rings. The van der Waals surface area contributed by atoms with E-state index in [0.29, 0.717) is 7.92 Å². The van der Waals surface area contributed by atoms with Crippen LogP contribution in [0.2, 0.25) is 0 Å². The zero-order valence-corrected chi connectivity index (χ0v) is 14.2. The largest absolute Gasteiger partial charge is 0.110 e. The average Bonchev–Trinajstić information content (AvgIpc) is 2.38. The second kappa shape index (κ2) is 15.5. The third-order valence-electron chi connectivity index (χ3n) is 3.79. The molecule has 0 saturated carbocycles. The topological polar surface area (TPSA) is 0 Å². The van der Waals surface area contributed by atoms with Gasteiger partial charge in [0.05, 0.1) is 0 Å². The maximum Gasteiger partial charge on any atom is -0.0328 e. The van der Waals surface area contributed by atoms with Crippen LogP contribution in [0.3, 0.4) is 0 Å². The normalized spacial score (nSPS) is 11.3. The summed E-state index contributed by atoms with van der Waals surface area (Å²) in [7, 11) is 0.370. The molecular formula is C17H37P. The van der Waals surface area contributed by atoms with Gasteiger partial charge >= 0.3 is 0 Å². The van der Waals surface area contributed by atoms with Crippen LogP contribution in [0.5, 0.6) is 0 Å². The van der Waals surface area contributed by atoms with Gasteiger partial charge in [0.15, 0.2) is 0 Å². The highest BCUT2D eigenvalue weighted by molar-refractivity contribution is 7.56. The van der Waals surface area contributed by atoms with Gasteiger partial charge in [-0.3, -0.25) is 0 Å². The lowest BCUT2D eigenvalue weighted by Gasteiger charge is -2.11. The number of hydrogen-bond donors (Lipinski definition) is 0. The van der Waals surface area contributed by atoms with Gasteiger partial charge in [0.1, 0.15) is 0 Å². The van der Waals surface area contributed by atoms with Crippen LogP contribution in [-0.4, -0.2) is 19.0 Å². The zero-order valence-electron chi connectivity index (χ0n) is 13.3. The minimum Gasteiger partial charge on any atom is -0.110 e. The van der Waals surface area contributed by atoms with Crippen molar-refractivity contribution >= 4 is 7.92 Å². The van der Waals surface area contributed by atoms with Gasteiger partial charge in [0.2, 0.25) is 0 Å². The molecule has 0 aliphatic carbocycles. The Labute approximate surface area is 118 Å². The van der Waals surface area contributed by atoms with E-state index in [1.165, 1.54) is 89.4 Å². The smallest absolute Gasteiger partial charge is 0.0328 e. The molecule has 1 heteroatoms. The summed E-state index contributed by atoms with van der Waals surface area (Å²) in [5.74, 6) is 0. The molecule has 18 heavy (non-hydrogen) atoms. The highest BCUT2D eigenvalue weighted by Crippen LogP contribution is 2.33. The Morgan fingerprint density at radius 1 is 0.500 bits per heavy atom. The minimum absolute atomic E-state index is 0.370. The van der Waals surface area contributed by atoms with E-state index in [-0.39, 0.29) is 0 Å². The SMILES string of the molecule is CCCCCCCCP(C)CCCCCCCC. The van der Waals surface area contributed by atoms with Crippen LogP contribution < -0.4 is 0 Å². The van der Waals surface area contributed by atoms with Gasteiger partial charge in [-0.25, -0.2) is 0 Å². The van der Waals surface area contributed by atoms with Gasteiger partial charge in [-0.15, -0.1) is 7.92 Å². The molecular weight excluding hydrogens is 235 g/mol. The molecule has 0 saturated heterocycles. The van der Waals surface area contributed by atoms with Crippen molar-refractivity contribution in [1.29, 1.82) is 0 Å². The lowest BCUT2D eigenvalue weighted by atomic mass is 10.1. The predicted molar refractivity (Wildman–Crippen MR) is 89.3 cm³/mol. The van der Waals surface area contributed by atoms with Gasteiger partial charge < -0.3 is 0 Å². The summed E-state index contributed by atoms with van der Waals surface area (Å²) >= 11 is 0. The van der Waals surface area contributed by atoms with Crippen molar-refractivity contribution in [3.63, 3.8) is 0 Å². The van der Waals surface area contributed by atoms with Gasteiger partial charge in [0, 0.05) is 0 Å². The Morgan fingerprint density at radius 2 is 0.833 bits per heavy atom. The van der Waals surface area contributed by atoms with Crippen LogP contribution in [-0.2, 0) is 0 Å². The quantitative estimate of drug-likeness (QED) is 0.240. The minimum atomic E-state index is 0.370. The molecule has 0 bridgehead atoms. The van der Waals surface area contributed by atoms with Crippen LogP contribution in [0.25, 0.3) is 0 Å². The number of unbranched alkanes of at least 4 members (excludes halogenated alkanes) is 10. The summed E-state index contributed by atoms with van der Waals surface area (Å²) in [6.07, 6.45) is 20.6. The lowest BCUT2D eigenvalue weighted by molar-refractivity contribution is 0.622. The first-order valence-corrected chi connectivity index (χ1v) is 10.7. The molecule has 0 spiro atoms. The summed E-state index contributed by atoms with van der Waals surface area (Å²) in [5, 5.41) is 0. The number of hydrogen-bond acceptors (Lipinski definition) is 0. The van der Waals surface area contributed by atoms with Crippen molar-refractivity contribution in [2.24, 2.45) is 0 Å². The van der Waals surface area contributed by atoms with Crippen LogP contribution in [0.15, 0.2) is 0 Å². The molecule has 0 amide bonds. The molecule has 0 aliphatic heterocycles. The Bertz CT molecular complexity index is 129. The molecule has 0 fully saturated rings. The summed E-state index contributed by atoms with van der Waals surface area (Å²) < 4.78 is 0. The molecule has 0 heterocycles. The van der Waals surface area contributed by atoms with Crippen molar-refractivity contribution in [1.82, 2.24) is 0 Å². The molecule has 0 atom stereocenters. The number of rotatable bonds is 14. The first-order valence-electron chi connectivity index (χ1n) is 8.49. The van der Waals surface area contributed by atoms with Gasteiger partial charge in [-0.2, -0.15) is 0 Å². The first-order chi connectivity index (χ1) is 8.81. The second-order valence-electron chi connectivity index (χ2n) is 5.84. The molecule has 0 aromatic carbocycles. The molecule has 0 rings (SSSR count). The summed E-state index contributed by atoms with van der Waals surface area (Å²) in [6, 6.07) is 0. The van der Waals surface area contributed by atoms with E-state index in [2.05, 4.69) is 20.5 Å². The fourth-order valence-corrected chi connectivity index (χ4v) is 4.19. The molecule has 0 aliphatic rings. The van der Waals surface area contributed by atoms with Crippen LogP contribution in [0.4, 0.5) is 0 Å². The third-order valence-corrected chi connectivity index (χ3v) is 5.95. The fourth-order valence-electron chi connectivity index (χ4n) is 2.44. The molecule has 0 nitrogen and oxygen atoms in total. The molecule has 0 aromatic heterocycles. The monoisotopic (exact) mass is 272 g/mol. The van der Waals surface area contributed by atoms with E-state index in [9.17, 15) is 0 Å². The van der Waals surface area contributed by atoms with E-state index in [1.807, 2.05) is 0 Å². The van der Waals surface area contributed by atoms with E-state index >= 15 is 0 Å². The summed E-state index contributed by atoms with van der Waals surface area (Å²) in [6.45, 7) is 7.12. The van der Waals surface area contributed by atoms with Gasteiger partial charge in [0.25, 0.3) is 0 Å². The summed E-state index contributed by atoms with van der Waals surface area (Å²) in [4.78, 5) is 0. The van der Waals surface area contributed by atoms with Crippen LogP contribution in [0, 0.1) is 0 Å². The molecule has 0 N–H and O–H groups in total. The fraction of sp³-hybridized carbons (Fsp3) is 1.00. The van der Waals surface area contributed by atoms with Crippen molar-refractivity contribution in [2.45, 2.75) is 90.9 Å².